The molecular formula is C55H68F2N10O5. The number of rotatable bonds is 14. The molecule has 10 rings (SSSR count). The third-order valence-electron chi connectivity index (χ3n) is 16.2. The van der Waals surface area contributed by atoms with E-state index >= 15 is 8.78 Å². The molecule has 0 radical (unpaired) electrons. The number of pyridine rings is 1. The molecule has 7 heterocycles. The number of halogens is 2. The largest absolute Gasteiger partial charge is 0.508 e. The molecule has 0 aliphatic carbocycles. The fourth-order valence-corrected chi connectivity index (χ4v) is 12.3. The van der Waals surface area contributed by atoms with Crippen molar-refractivity contribution in [3.05, 3.63) is 76.3 Å². The standard InChI is InChI=1S/C55H68F2N10O5/c1-5-41-44(56)12-10-36-28-39(69)30-42(48(36)41)50-49(57)51-43(31-59-50)52(66-20-6-8-34(2)32-66)61-54(60-51)72-40-18-25-64(26-19-40)37-16-21-63(22-17-37)33-35-14-23-65(24-15-35)38-11-13-45-47(29-38)62(4)55(71)67(45)46(9-7-27-68)53(70)58-3/h10-13,27-31,34-35,37,40,46,69H,5-9,14-26,32-33H2,1-4H3,(H,58,70)/t34-,46?/m0/s1. The van der Waals surface area contributed by atoms with Crippen molar-refractivity contribution in [1.29, 1.82) is 0 Å². The van der Waals surface area contributed by atoms with E-state index in [4.69, 9.17) is 14.7 Å². The van der Waals surface area contributed by atoms with Crippen molar-refractivity contribution in [3.8, 4) is 23.0 Å². The van der Waals surface area contributed by atoms with Gasteiger partial charge in [0.05, 0.1) is 16.4 Å². The summed E-state index contributed by atoms with van der Waals surface area (Å²) >= 11 is 0. The van der Waals surface area contributed by atoms with E-state index in [1.54, 1.807) is 37.0 Å². The molecule has 3 aromatic carbocycles. The Hall–Kier alpha value is -6.20. The molecule has 1 unspecified atom stereocenters. The molecule has 3 aromatic heterocycles. The van der Waals surface area contributed by atoms with Gasteiger partial charge >= 0.3 is 11.7 Å². The number of piperidine rings is 4. The summed E-state index contributed by atoms with van der Waals surface area (Å²) in [6.45, 7) is 12.6. The lowest BCUT2D eigenvalue weighted by Gasteiger charge is -2.43. The van der Waals surface area contributed by atoms with Crippen molar-refractivity contribution in [2.45, 2.75) is 103 Å². The van der Waals surface area contributed by atoms with Gasteiger partial charge in [-0.15, -0.1) is 0 Å². The molecule has 382 valence electrons. The number of phenols is 1. The van der Waals surface area contributed by atoms with Gasteiger partial charge in [-0.25, -0.2) is 13.6 Å². The van der Waals surface area contributed by atoms with Crippen molar-refractivity contribution >= 4 is 56.4 Å². The molecule has 72 heavy (non-hydrogen) atoms. The summed E-state index contributed by atoms with van der Waals surface area (Å²) in [5, 5.41) is 15.0. The second-order valence-corrected chi connectivity index (χ2v) is 20.8. The van der Waals surface area contributed by atoms with Crippen LogP contribution in [-0.4, -0.2) is 129 Å². The Bertz CT molecular complexity index is 3030. The minimum absolute atomic E-state index is 0.00595. The molecule has 0 saturated carbocycles. The van der Waals surface area contributed by atoms with Crippen LogP contribution >= 0.6 is 0 Å². The van der Waals surface area contributed by atoms with Gasteiger partial charge in [0.15, 0.2) is 5.82 Å². The number of phenolic OH excluding ortho intramolecular Hbond substituents is 1. The number of benzene rings is 3. The first-order chi connectivity index (χ1) is 34.9. The van der Waals surface area contributed by atoms with Crippen molar-refractivity contribution in [1.82, 2.24) is 39.2 Å². The number of amides is 1. The summed E-state index contributed by atoms with van der Waals surface area (Å²) in [6, 6.07) is 11.9. The van der Waals surface area contributed by atoms with Gasteiger partial charge < -0.3 is 39.6 Å². The third-order valence-corrected chi connectivity index (χ3v) is 16.2. The zero-order valence-corrected chi connectivity index (χ0v) is 42.1. The summed E-state index contributed by atoms with van der Waals surface area (Å²) in [5.74, 6) is 0.266. The summed E-state index contributed by atoms with van der Waals surface area (Å²) in [6.07, 6.45) is 11.3. The van der Waals surface area contributed by atoms with Crippen LogP contribution in [0.2, 0.25) is 0 Å². The van der Waals surface area contributed by atoms with Gasteiger partial charge in [0, 0.05) is 89.8 Å². The Morgan fingerprint density at radius 1 is 0.931 bits per heavy atom. The number of imidazole rings is 1. The van der Waals surface area contributed by atoms with Crippen molar-refractivity contribution in [2.75, 3.05) is 75.8 Å². The molecule has 4 saturated heterocycles. The smallest absolute Gasteiger partial charge is 0.329 e. The number of likely N-dealkylation sites (tertiary alicyclic amines) is 2. The van der Waals surface area contributed by atoms with E-state index in [9.17, 15) is 19.5 Å². The van der Waals surface area contributed by atoms with Crippen molar-refractivity contribution in [3.63, 3.8) is 0 Å². The molecule has 6 aromatic rings. The first kappa shape index (κ1) is 49.4. The Morgan fingerprint density at radius 3 is 2.43 bits per heavy atom. The number of nitrogens with one attached hydrogen (secondary N) is 1. The number of aldehydes is 1. The number of nitrogens with zero attached hydrogens (tertiary/aromatic N) is 9. The summed E-state index contributed by atoms with van der Waals surface area (Å²) in [7, 11) is 3.28. The number of anilines is 2. The second-order valence-electron chi connectivity index (χ2n) is 20.8. The minimum atomic E-state index is -0.758. The first-order valence-electron chi connectivity index (χ1n) is 26.2. The highest BCUT2D eigenvalue weighted by molar-refractivity contribution is 6.02. The second kappa shape index (κ2) is 21.1. The Labute approximate surface area is 419 Å². The van der Waals surface area contributed by atoms with Gasteiger partial charge in [-0.2, -0.15) is 9.97 Å². The zero-order chi connectivity index (χ0) is 50.2. The fourth-order valence-electron chi connectivity index (χ4n) is 12.3. The lowest BCUT2D eigenvalue weighted by Crippen LogP contribution is -2.50. The number of likely N-dealkylation sites (N-methyl/N-ethyl adjacent to an activating group) is 1. The molecule has 2 atom stereocenters. The van der Waals surface area contributed by atoms with Gasteiger partial charge in [-0.3, -0.25) is 18.9 Å². The topological polar surface area (TPSA) is 154 Å². The lowest BCUT2D eigenvalue weighted by atomic mass is 9.93. The van der Waals surface area contributed by atoms with E-state index < -0.39 is 11.9 Å². The lowest BCUT2D eigenvalue weighted by molar-refractivity contribution is -0.124. The molecule has 4 aliphatic rings. The Morgan fingerprint density at radius 2 is 1.71 bits per heavy atom. The summed E-state index contributed by atoms with van der Waals surface area (Å²) in [4.78, 5) is 61.6. The SMILES string of the molecule is CCc1c(F)ccc2cc(O)cc(-c3ncc4c(N5CCC[C@H](C)C5)nc(OC5CCN(C6CCN(CC7CCN(c8ccc9c(c8)n(C)c(=O)n9C(CCC=O)C(=O)NC)CC7)CC6)CC5)nc4c3F)c12. The highest BCUT2D eigenvalue weighted by Crippen LogP contribution is 2.40. The quantitative estimate of drug-likeness (QED) is 0.103. The molecule has 4 fully saturated rings. The number of carbonyl (C=O) groups is 2. The normalized spacial score (nSPS) is 19.7. The Kier molecular flexibility index (Phi) is 14.5. The number of aromatic hydroxyl groups is 1. The summed E-state index contributed by atoms with van der Waals surface area (Å²) in [5.41, 5.74) is 3.10. The number of ether oxygens (including phenoxy) is 1. The van der Waals surface area contributed by atoms with E-state index in [0.29, 0.717) is 62.9 Å². The minimum Gasteiger partial charge on any atom is -0.508 e. The van der Waals surface area contributed by atoms with Gasteiger partial charge in [0.1, 0.15) is 47.0 Å². The zero-order valence-electron chi connectivity index (χ0n) is 42.1. The molecule has 4 aliphatic heterocycles. The van der Waals surface area contributed by atoms with E-state index in [2.05, 4.69) is 42.9 Å². The van der Waals surface area contributed by atoms with Crippen LogP contribution in [0.25, 0.3) is 44.0 Å². The van der Waals surface area contributed by atoms with Gasteiger partial charge in [-0.05, 0) is 142 Å². The van der Waals surface area contributed by atoms with Gasteiger partial charge in [0.25, 0.3) is 0 Å². The van der Waals surface area contributed by atoms with Crippen molar-refractivity contribution < 1.29 is 28.2 Å². The maximum Gasteiger partial charge on any atom is 0.329 e. The van der Waals surface area contributed by atoms with Crippen LogP contribution in [0.3, 0.4) is 0 Å². The van der Waals surface area contributed by atoms with E-state index in [1.807, 2.05) is 19.1 Å². The molecule has 1 amide bonds. The molecule has 15 nitrogen and oxygen atoms in total. The average Bonchev–Trinajstić information content (AvgIpc) is 3.64. The number of carbonyl (C=O) groups excluding carboxylic acids is 2. The maximum atomic E-state index is 17.1. The van der Waals surface area contributed by atoms with Crippen LogP contribution in [0.5, 0.6) is 11.8 Å². The number of hydrogen-bond donors (Lipinski definition) is 2. The van der Waals surface area contributed by atoms with Gasteiger partial charge in [0.2, 0.25) is 5.91 Å². The predicted octanol–water partition coefficient (Wildman–Crippen LogP) is 7.77. The first-order valence-corrected chi connectivity index (χ1v) is 26.2. The molecule has 2 N–H and O–H groups in total. The molecular weight excluding hydrogens is 919 g/mol. The van der Waals surface area contributed by atoms with Crippen LogP contribution in [-0.2, 0) is 23.1 Å². The van der Waals surface area contributed by atoms with Crippen LogP contribution in [0.4, 0.5) is 20.3 Å². The summed E-state index contributed by atoms with van der Waals surface area (Å²) < 4.78 is 42.0. The monoisotopic (exact) mass is 987 g/mol. The average molecular weight is 987 g/mol. The van der Waals surface area contributed by atoms with Gasteiger partial charge in [-0.1, -0.05) is 19.9 Å². The fraction of sp³-hybridized carbons (Fsp3) is 0.527. The highest BCUT2D eigenvalue weighted by atomic mass is 19.1. The number of hydrogen-bond acceptors (Lipinski definition) is 12. The van der Waals surface area contributed by atoms with Crippen LogP contribution in [0, 0.1) is 23.5 Å². The third kappa shape index (κ3) is 9.73. The molecule has 17 heteroatoms. The maximum absolute atomic E-state index is 17.1. The van der Waals surface area contributed by atoms with Crippen LogP contribution in [0.15, 0.2) is 53.5 Å². The van der Waals surface area contributed by atoms with Crippen molar-refractivity contribution in [2.24, 2.45) is 18.9 Å². The number of aromatic nitrogens is 5. The predicted molar refractivity (Wildman–Crippen MR) is 277 cm³/mol. The van der Waals surface area contributed by atoms with E-state index in [-0.39, 0.29) is 59.3 Å². The number of fused-ring (bicyclic) bond motifs is 3. The van der Waals surface area contributed by atoms with Crippen LogP contribution < -0.4 is 25.5 Å². The van der Waals surface area contributed by atoms with E-state index in [0.717, 1.165) is 128 Å². The highest BCUT2D eigenvalue weighted by Gasteiger charge is 2.33. The van der Waals surface area contributed by atoms with Crippen LogP contribution in [0.1, 0.15) is 89.7 Å². The van der Waals surface area contributed by atoms with E-state index in [1.165, 1.54) is 16.7 Å². The molecule has 0 bridgehead atoms. The number of aryl methyl sites for hydroxylation is 2. The molecule has 0 spiro atoms. The Balaban J connectivity index is 0.758.